The largest absolute Gasteiger partial charge is 0.312 e. The van der Waals surface area contributed by atoms with Gasteiger partial charge in [0.1, 0.15) is 4.90 Å². The van der Waals surface area contributed by atoms with Gasteiger partial charge in [0.15, 0.2) is 0 Å². The van der Waals surface area contributed by atoms with Crippen LogP contribution in [-0.2, 0) is 16.6 Å². The fourth-order valence-electron chi connectivity index (χ4n) is 1.89. The van der Waals surface area contributed by atoms with E-state index in [1.165, 1.54) is 11.3 Å². The van der Waals surface area contributed by atoms with Crippen LogP contribution in [0.4, 0.5) is 0 Å². The van der Waals surface area contributed by atoms with E-state index in [0.717, 1.165) is 30.7 Å². The summed E-state index contributed by atoms with van der Waals surface area (Å²) in [5.41, 5.74) is 0. The summed E-state index contributed by atoms with van der Waals surface area (Å²) in [6, 6.07) is 1.76. The molecule has 0 bridgehead atoms. The molecular formula is C13H23BrN2O2S2. The third-order valence-corrected chi connectivity index (χ3v) is 6.77. The van der Waals surface area contributed by atoms with E-state index in [2.05, 4.69) is 32.9 Å². The van der Waals surface area contributed by atoms with Crippen LogP contribution >= 0.6 is 27.3 Å². The molecule has 0 spiro atoms. The number of rotatable bonds is 9. The molecule has 1 unspecified atom stereocenters. The van der Waals surface area contributed by atoms with Crippen LogP contribution in [0.1, 0.15) is 44.9 Å². The predicted octanol–water partition coefficient (Wildman–Crippen LogP) is 3.48. The van der Waals surface area contributed by atoms with Gasteiger partial charge in [-0.3, -0.25) is 0 Å². The molecule has 0 amide bonds. The lowest BCUT2D eigenvalue weighted by Crippen LogP contribution is -2.34. The second kappa shape index (κ2) is 8.48. The summed E-state index contributed by atoms with van der Waals surface area (Å²) in [5, 5.41) is 3.20. The molecule has 1 atom stereocenters. The van der Waals surface area contributed by atoms with Crippen LogP contribution in [0.25, 0.3) is 0 Å². The molecule has 20 heavy (non-hydrogen) atoms. The van der Waals surface area contributed by atoms with Crippen LogP contribution in [0.5, 0.6) is 0 Å². The molecule has 0 aliphatic heterocycles. The summed E-state index contributed by atoms with van der Waals surface area (Å²) in [7, 11) is -3.44. The van der Waals surface area contributed by atoms with Crippen molar-refractivity contribution in [1.82, 2.24) is 10.0 Å². The Morgan fingerprint density at radius 3 is 2.60 bits per heavy atom. The SMILES string of the molecule is CCCC(CC)NS(=O)(=O)c1cc(CNCC)sc1Br. The number of hydrogen-bond donors (Lipinski definition) is 2. The Bertz CT molecular complexity index is 514. The minimum Gasteiger partial charge on any atom is -0.312 e. The molecule has 116 valence electrons. The van der Waals surface area contributed by atoms with Crippen molar-refractivity contribution in [3.63, 3.8) is 0 Å². The van der Waals surface area contributed by atoms with Gasteiger partial charge in [-0.25, -0.2) is 13.1 Å². The first-order valence-corrected chi connectivity index (χ1v) is 10.0. The minimum atomic E-state index is -3.44. The normalized spacial score (nSPS) is 13.6. The average molecular weight is 383 g/mol. The maximum atomic E-state index is 12.4. The van der Waals surface area contributed by atoms with E-state index in [4.69, 9.17) is 0 Å². The molecule has 2 N–H and O–H groups in total. The van der Waals surface area contributed by atoms with E-state index in [1.807, 2.05) is 13.8 Å². The first-order chi connectivity index (χ1) is 9.44. The molecule has 0 fully saturated rings. The van der Waals surface area contributed by atoms with Crippen molar-refractivity contribution >= 4 is 37.3 Å². The zero-order valence-corrected chi connectivity index (χ0v) is 15.4. The molecule has 4 nitrogen and oxygen atoms in total. The zero-order chi connectivity index (χ0) is 15.2. The van der Waals surface area contributed by atoms with Crippen LogP contribution in [0.3, 0.4) is 0 Å². The Labute approximate surface area is 134 Å². The molecule has 0 saturated carbocycles. The molecular weight excluding hydrogens is 360 g/mol. The lowest BCUT2D eigenvalue weighted by atomic mass is 10.1. The summed E-state index contributed by atoms with van der Waals surface area (Å²) in [4.78, 5) is 1.37. The van der Waals surface area contributed by atoms with Crippen molar-refractivity contribution in [2.45, 2.75) is 57.5 Å². The highest BCUT2D eigenvalue weighted by Gasteiger charge is 2.23. The van der Waals surface area contributed by atoms with Crippen molar-refractivity contribution < 1.29 is 8.42 Å². The molecule has 1 aromatic rings. The molecule has 1 rings (SSSR count). The maximum Gasteiger partial charge on any atom is 0.242 e. The van der Waals surface area contributed by atoms with Gasteiger partial charge in [-0.15, -0.1) is 11.3 Å². The number of halogens is 1. The second-order valence-corrected chi connectivity index (χ2v) is 8.78. The number of sulfonamides is 1. The summed E-state index contributed by atoms with van der Waals surface area (Å²) in [6.07, 6.45) is 2.64. The van der Waals surface area contributed by atoms with Crippen LogP contribution in [0, 0.1) is 0 Å². The van der Waals surface area contributed by atoms with Crippen molar-refractivity contribution in [3.8, 4) is 0 Å². The average Bonchev–Trinajstić information content (AvgIpc) is 2.77. The first kappa shape index (κ1) is 18.1. The summed E-state index contributed by atoms with van der Waals surface area (Å²) in [5.74, 6) is 0. The zero-order valence-electron chi connectivity index (χ0n) is 12.2. The third kappa shape index (κ3) is 5.11. The third-order valence-electron chi connectivity index (χ3n) is 3.00. The summed E-state index contributed by atoms with van der Waals surface area (Å²) in [6.45, 7) is 7.65. The molecule has 0 aliphatic carbocycles. The van der Waals surface area contributed by atoms with Crippen LogP contribution in [-0.4, -0.2) is 21.0 Å². The highest BCUT2D eigenvalue weighted by atomic mass is 79.9. The second-order valence-electron chi connectivity index (χ2n) is 4.65. The Balaban J connectivity index is 2.88. The van der Waals surface area contributed by atoms with Gasteiger partial charge < -0.3 is 5.32 Å². The fraction of sp³-hybridized carbons (Fsp3) is 0.692. The molecule has 0 aliphatic rings. The Morgan fingerprint density at radius 2 is 2.05 bits per heavy atom. The quantitative estimate of drug-likeness (QED) is 0.687. The Hall–Kier alpha value is 0.0500. The van der Waals surface area contributed by atoms with Crippen LogP contribution in [0.15, 0.2) is 14.7 Å². The van der Waals surface area contributed by atoms with Gasteiger partial charge in [-0.05, 0) is 41.4 Å². The number of thiophene rings is 1. The van der Waals surface area contributed by atoms with Crippen LogP contribution < -0.4 is 10.0 Å². The standard InChI is InChI=1S/C13H23BrN2O2S2/c1-4-7-10(5-2)16-20(17,18)12-8-11(9-15-6-3)19-13(12)14/h8,10,15-16H,4-7,9H2,1-3H3. The minimum absolute atomic E-state index is 0.00835. The molecule has 1 aromatic heterocycles. The van der Waals surface area contributed by atoms with Gasteiger partial charge in [-0.1, -0.05) is 27.2 Å². The van der Waals surface area contributed by atoms with Gasteiger partial charge in [0.2, 0.25) is 10.0 Å². The van der Waals surface area contributed by atoms with Crippen LogP contribution in [0.2, 0.25) is 0 Å². The highest BCUT2D eigenvalue weighted by Crippen LogP contribution is 2.32. The summed E-state index contributed by atoms with van der Waals surface area (Å²) >= 11 is 4.83. The number of hydrogen-bond acceptors (Lipinski definition) is 4. The summed E-state index contributed by atoms with van der Waals surface area (Å²) < 4.78 is 28.3. The Morgan fingerprint density at radius 1 is 1.35 bits per heavy atom. The van der Waals surface area contributed by atoms with Gasteiger partial charge in [0.05, 0.1) is 3.79 Å². The van der Waals surface area contributed by atoms with Crippen molar-refractivity contribution in [2.75, 3.05) is 6.54 Å². The highest BCUT2D eigenvalue weighted by molar-refractivity contribution is 9.11. The first-order valence-electron chi connectivity index (χ1n) is 6.95. The van der Waals surface area contributed by atoms with E-state index >= 15 is 0 Å². The number of nitrogens with one attached hydrogen (secondary N) is 2. The molecule has 0 radical (unpaired) electrons. The van der Waals surface area contributed by atoms with E-state index in [-0.39, 0.29) is 6.04 Å². The van der Waals surface area contributed by atoms with Crippen molar-refractivity contribution in [2.24, 2.45) is 0 Å². The van der Waals surface area contributed by atoms with Crippen molar-refractivity contribution in [1.29, 1.82) is 0 Å². The topological polar surface area (TPSA) is 58.2 Å². The van der Waals surface area contributed by atoms with E-state index < -0.39 is 10.0 Å². The van der Waals surface area contributed by atoms with Gasteiger partial charge >= 0.3 is 0 Å². The smallest absolute Gasteiger partial charge is 0.242 e. The van der Waals surface area contributed by atoms with E-state index in [1.54, 1.807) is 6.07 Å². The molecule has 0 saturated heterocycles. The van der Waals surface area contributed by atoms with Gasteiger partial charge in [0.25, 0.3) is 0 Å². The molecule has 7 heteroatoms. The van der Waals surface area contributed by atoms with E-state index in [9.17, 15) is 8.42 Å². The van der Waals surface area contributed by atoms with Gasteiger partial charge in [-0.2, -0.15) is 0 Å². The molecule has 0 aromatic carbocycles. The maximum absolute atomic E-state index is 12.4. The predicted molar refractivity (Wildman–Crippen MR) is 88.7 cm³/mol. The lowest BCUT2D eigenvalue weighted by molar-refractivity contribution is 0.512. The monoisotopic (exact) mass is 382 g/mol. The van der Waals surface area contributed by atoms with Gasteiger partial charge in [0, 0.05) is 17.5 Å². The van der Waals surface area contributed by atoms with E-state index in [0.29, 0.717) is 15.2 Å². The Kier molecular flexibility index (Phi) is 7.68. The lowest BCUT2D eigenvalue weighted by Gasteiger charge is -2.15. The fourth-order valence-corrected chi connectivity index (χ4v) is 5.90. The molecule has 1 heterocycles. The van der Waals surface area contributed by atoms with Crippen molar-refractivity contribution in [3.05, 3.63) is 14.7 Å².